The Bertz CT molecular complexity index is 362. The van der Waals surface area contributed by atoms with Gasteiger partial charge in [0.05, 0.1) is 13.2 Å². The summed E-state index contributed by atoms with van der Waals surface area (Å²) in [4.78, 5) is 0. The summed E-state index contributed by atoms with van der Waals surface area (Å²) in [5.74, 6) is 2.36. The number of rotatable bonds is 9. The van der Waals surface area contributed by atoms with Gasteiger partial charge in [-0.25, -0.2) is 0 Å². The Hall–Kier alpha value is -1.38. The van der Waals surface area contributed by atoms with Gasteiger partial charge >= 0.3 is 0 Å². The first-order valence-corrected chi connectivity index (χ1v) is 7.38. The number of anilines is 1. The number of nitrogens with one attached hydrogen (secondary N) is 1. The summed E-state index contributed by atoms with van der Waals surface area (Å²) in [7, 11) is 0. The van der Waals surface area contributed by atoms with Crippen molar-refractivity contribution in [3.63, 3.8) is 0 Å². The Labute approximate surface area is 117 Å². The molecule has 0 amide bonds. The first-order chi connectivity index (χ1) is 9.24. The molecular formula is C16H27NO2. The molecule has 19 heavy (non-hydrogen) atoms. The summed E-state index contributed by atoms with van der Waals surface area (Å²) in [6, 6.07) is 6.05. The van der Waals surface area contributed by atoms with Crippen LogP contribution in [-0.2, 0) is 0 Å². The minimum absolute atomic E-state index is 0.649. The molecule has 0 atom stereocenters. The van der Waals surface area contributed by atoms with Gasteiger partial charge in [-0.15, -0.1) is 0 Å². The molecule has 0 saturated carbocycles. The largest absolute Gasteiger partial charge is 0.490 e. The summed E-state index contributed by atoms with van der Waals surface area (Å²) in [5.41, 5.74) is 1.10. The fraction of sp³-hybridized carbons (Fsp3) is 0.625. The molecular weight excluding hydrogens is 238 g/mol. The molecule has 0 bridgehead atoms. The molecule has 0 saturated heterocycles. The summed E-state index contributed by atoms with van der Waals surface area (Å²) >= 11 is 0. The smallest absolute Gasteiger partial charge is 0.163 e. The molecule has 108 valence electrons. The van der Waals surface area contributed by atoms with Gasteiger partial charge in [-0.3, -0.25) is 0 Å². The van der Waals surface area contributed by atoms with Crippen molar-refractivity contribution < 1.29 is 9.47 Å². The van der Waals surface area contributed by atoms with Gasteiger partial charge in [-0.1, -0.05) is 26.7 Å². The number of hydrogen-bond donors (Lipinski definition) is 1. The minimum atomic E-state index is 0.649. The Morgan fingerprint density at radius 2 is 1.58 bits per heavy atom. The van der Waals surface area contributed by atoms with Crippen molar-refractivity contribution in [1.29, 1.82) is 0 Å². The van der Waals surface area contributed by atoms with Crippen LogP contribution in [0.25, 0.3) is 0 Å². The van der Waals surface area contributed by atoms with Crippen LogP contribution in [0.15, 0.2) is 18.2 Å². The molecule has 0 fully saturated rings. The van der Waals surface area contributed by atoms with E-state index in [4.69, 9.17) is 9.47 Å². The second-order valence-electron chi connectivity index (χ2n) is 4.59. The fourth-order valence-corrected chi connectivity index (χ4v) is 2.00. The zero-order valence-corrected chi connectivity index (χ0v) is 12.7. The van der Waals surface area contributed by atoms with Gasteiger partial charge in [0.2, 0.25) is 0 Å². The van der Waals surface area contributed by atoms with Gasteiger partial charge in [-0.2, -0.15) is 0 Å². The normalized spacial score (nSPS) is 10.6. The first kappa shape index (κ1) is 15.7. The van der Waals surface area contributed by atoms with Gasteiger partial charge in [0, 0.05) is 18.3 Å². The van der Waals surface area contributed by atoms with E-state index in [2.05, 4.69) is 25.2 Å². The number of benzene rings is 1. The predicted molar refractivity (Wildman–Crippen MR) is 81.3 cm³/mol. The van der Waals surface area contributed by atoms with Crippen molar-refractivity contribution >= 4 is 5.69 Å². The molecule has 1 rings (SSSR count). The van der Waals surface area contributed by atoms with Crippen LogP contribution in [0.5, 0.6) is 11.5 Å². The Morgan fingerprint density at radius 1 is 0.947 bits per heavy atom. The van der Waals surface area contributed by atoms with E-state index in [1.807, 2.05) is 26.0 Å². The van der Waals surface area contributed by atoms with E-state index < -0.39 is 0 Å². The van der Waals surface area contributed by atoms with Crippen LogP contribution in [0.2, 0.25) is 0 Å². The molecule has 3 nitrogen and oxygen atoms in total. The predicted octanol–water partition coefficient (Wildman–Crippen LogP) is 4.33. The lowest BCUT2D eigenvalue weighted by molar-refractivity contribution is 0.288. The van der Waals surface area contributed by atoms with Crippen LogP contribution in [0, 0.1) is 5.92 Å². The first-order valence-electron chi connectivity index (χ1n) is 7.38. The van der Waals surface area contributed by atoms with E-state index in [9.17, 15) is 0 Å². The summed E-state index contributed by atoms with van der Waals surface area (Å²) in [6.07, 6.45) is 2.41. The van der Waals surface area contributed by atoms with Gasteiger partial charge < -0.3 is 14.8 Å². The van der Waals surface area contributed by atoms with Crippen LogP contribution in [0.4, 0.5) is 5.69 Å². The van der Waals surface area contributed by atoms with Crippen LogP contribution in [-0.4, -0.2) is 19.8 Å². The molecule has 1 aromatic carbocycles. The van der Waals surface area contributed by atoms with Crippen molar-refractivity contribution in [3.05, 3.63) is 18.2 Å². The molecule has 3 heteroatoms. The molecule has 0 aliphatic carbocycles. The third kappa shape index (κ3) is 5.01. The average Bonchev–Trinajstić information content (AvgIpc) is 2.43. The highest BCUT2D eigenvalue weighted by Crippen LogP contribution is 2.30. The monoisotopic (exact) mass is 265 g/mol. The Kier molecular flexibility index (Phi) is 7.16. The van der Waals surface area contributed by atoms with Gasteiger partial charge in [0.1, 0.15) is 0 Å². The molecule has 0 heterocycles. The highest BCUT2D eigenvalue weighted by atomic mass is 16.5. The lowest BCUT2D eigenvalue weighted by atomic mass is 10.0. The number of ether oxygens (including phenoxy) is 2. The molecule has 0 aromatic heterocycles. The summed E-state index contributed by atoms with van der Waals surface area (Å²) < 4.78 is 11.2. The average molecular weight is 265 g/mol. The van der Waals surface area contributed by atoms with Gasteiger partial charge in [0.25, 0.3) is 0 Å². The Morgan fingerprint density at radius 3 is 2.16 bits per heavy atom. The van der Waals surface area contributed by atoms with Gasteiger partial charge in [0.15, 0.2) is 11.5 Å². The van der Waals surface area contributed by atoms with E-state index >= 15 is 0 Å². The lowest BCUT2D eigenvalue weighted by Crippen LogP contribution is -2.12. The maximum Gasteiger partial charge on any atom is 0.163 e. The summed E-state index contributed by atoms with van der Waals surface area (Å²) in [6.45, 7) is 10.7. The third-order valence-electron chi connectivity index (χ3n) is 3.29. The lowest BCUT2D eigenvalue weighted by Gasteiger charge is -2.16. The molecule has 0 radical (unpaired) electrons. The summed E-state index contributed by atoms with van der Waals surface area (Å²) in [5, 5.41) is 3.48. The molecule has 0 aliphatic heterocycles. The van der Waals surface area contributed by atoms with Crippen molar-refractivity contribution in [2.75, 3.05) is 25.1 Å². The molecule has 0 spiro atoms. The second-order valence-corrected chi connectivity index (χ2v) is 4.59. The quantitative estimate of drug-likeness (QED) is 0.720. The SMILES string of the molecule is CCOc1ccc(NCC(CC)CC)cc1OCC. The second kappa shape index (κ2) is 8.68. The van der Waals surface area contributed by atoms with Crippen molar-refractivity contribution in [2.24, 2.45) is 5.92 Å². The van der Waals surface area contributed by atoms with E-state index in [0.29, 0.717) is 13.2 Å². The van der Waals surface area contributed by atoms with Crippen molar-refractivity contribution in [1.82, 2.24) is 0 Å². The van der Waals surface area contributed by atoms with E-state index in [1.54, 1.807) is 0 Å². The maximum absolute atomic E-state index is 5.62. The topological polar surface area (TPSA) is 30.5 Å². The minimum Gasteiger partial charge on any atom is -0.490 e. The van der Waals surface area contributed by atoms with E-state index in [0.717, 1.165) is 29.6 Å². The van der Waals surface area contributed by atoms with E-state index in [1.165, 1.54) is 12.8 Å². The van der Waals surface area contributed by atoms with Gasteiger partial charge in [-0.05, 0) is 31.9 Å². The standard InChI is InChI=1S/C16H27NO2/c1-5-13(6-2)12-17-14-9-10-15(18-7-3)16(11-14)19-8-4/h9-11,13,17H,5-8,12H2,1-4H3. The van der Waals surface area contributed by atoms with Crippen LogP contribution >= 0.6 is 0 Å². The molecule has 1 N–H and O–H groups in total. The highest BCUT2D eigenvalue weighted by Gasteiger charge is 2.07. The fourth-order valence-electron chi connectivity index (χ4n) is 2.00. The molecule has 1 aromatic rings. The van der Waals surface area contributed by atoms with Crippen molar-refractivity contribution in [2.45, 2.75) is 40.5 Å². The van der Waals surface area contributed by atoms with Crippen LogP contribution < -0.4 is 14.8 Å². The Balaban J connectivity index is 2.71. The van der Waals surface area contributed by atoms with Crippen molar-refractivity contribution in [3.8, 4) is 11.5 Å². The maximum atomic E-state index is 5.62. The molecule has 0 aliphatic rings. The zero-order chi connectivity index (χ0) is 14.1. The highest BCUT2D eigenvalue weighted by molar-refractivity contribution is 5.54. The zero-order valence-electron chi connectivity index (χ0n) is 12.7. The molecule has 0 unspecified atom stereocenters. The van der Waals surface area contributed by atoms with Crippen LogP contribution in [0.1, 0.15) is 40.5 Å². The van der Waals surface area contributed by atoms with Crippen LogP contribution in [0.3, 0.4) is 0 Å². The van der Waals surface area contributed by atoms with E-state index in [-0.39, 0.29) is 0 Å². The third-order valence-corrected chi connectivity index (χ3v) is 3.29. The number of hydrogen-bond acceptors (Lipinski definition) is 3.